The number of anilines is 1. The van der Waals surface area contributed by atoms with Crippen LogP contribution in [0, 0.1) is 12.7 Å². The van der Waals surface area contributed by atoms with Gasteiger partial charge in [-0.3, -0.25) is 0 Å². The van der Waals surface area contributed by atoms with Gasteiger partial charge in [0.2, 0.25) is 10.0 Å². The molecule has 0 aliphatic heterocycles. The second-order valence-electron chi connectivity index (χ2n) is 4.47. The lowest BCUT2D eigenvalue weighted by atomic mass is 10.1. The summed E-state index contributed by atoms with van der Waals surface area (Å²) in [6.45, 7) is 2.04. The number of nitrogens with one attached hydrogen (secondary N) is 1. The molecule has 0 spiro atoms. The van der Waals surface area contributed by atoms with Crippen molar-refractivity contribution in [2.45, 2.75) is 18.4 Å². The van der Waals surface area contributed by atoms with Crippen molar-refractivity contribution < 1.29 is 12.8 Å². The van der Waals surface area contributed by atoms with Crippen molar-refractivity contribution in [2.24, 2.45) is 0 Å². The Morgan fingerprint density at radius 2 is 1.90 bits per heavy atom. The van der Waals surface area contributed by atoms with Crippen LogP contribution in [0.3, 0.4) is 0 Å². The van der Waals surface area contributed by atoms with Crippen LogP contribution in [0.15, 0.2) is 47.4 Å². The first kappa shape index (κ1) is 14.5. The van der Waals surface area contributed by atoms with Gasteiger partial charge in [-0.15, -0.1) is 0 Å². The van der Waals surface area contributed by atoms with Crippen molar-refractivity contribution in [3.8, 4) is 0 Å². The Morgan fingerprint density at radius 1 is 1.20 bits per heavy atom. The van der Waals surface area contributed by atoms with E-state index in [9.17, 15) is 12.8 Å². The predicted octanol–water partition coefficient (Wildman–Crippen LogP) is 2.19. The van der Waals surface area contributed by atoms with Gasteiger partial charge in [0.15, 0.2) is 0 Å². The molecule has 0 heterocycles. The summed E-state index contributed by atoms with van der Waals surface area (Å²) in [6.07, 6.45) is 0. The highest BCUT2D eigenvalue weighted by Crippen LogP contribution is 2.21. The Balaban J connectivity index is 2.22. The van der Waals surface area contributed by atoms with E-state index in [1.54, 1.807) is 0 Å². The van der Waals surface area contributed by atoms with Gasteiger partial charge < -0.3 is 5.73 Å². The van der Waals surface area contributed by atoms with Gasteiger partial charge in [0.1, 0.15) is 10.7 Å². The molecule has 0 aromatic heterocycles. The first-order valence-corrected chi connectivity index (χ1v) is 7.47. The lowest BCUT2D eigenvalue weighted by Gasteiger charge is -2.10. The molecule has 0 fully saturated rings. The number of aryl methyl sites for hydroxylation is 1. The lowest BCUT2D eigenvalue weighted by molar-refractivity contribution is 0.579. The van der Waals surface area contributed by atoms with Gasteiger partial charge in [0.05, 0.1) is 5.69 Å². The van der Waals surface area contributed by atoms with Gasteiger partial charge in [-0.05, 0) is 24.6 Å². The highest BCUT2D eigenvalue weighted by molar-refractivity contribution is 7.89. The largest absolute Gasteiger partial charge is 0.395 e. The first-order valence-electron chi connectivity index (χ1n) is 5.99. The normalized spacial score (nSPS) is 11.5. The number of hydrogen-bond donors (Lipinski definition) is 2. The molecule has 2 rings (SSSR count). The third-order valence-corrected chi connectivity index (χ3v) is 4.31. The summed E-state index contributed by atoms with van der Waals surface area (Å²) in [6, 6.07) is 11.2. The van der Waals surface area contributed by atoms with Crippen LogP contribution in [0.25, 0.3) is 0 Å². The maximum Gasteiger partial charge on any atom is 0.243 e. The minimum Gasteiger partial charge on any atom is -0.395 e. The van der Waals surface area contributed by atoms with Crippen LogP contribution in [0.1, 0.15) is 11.1 Å². The summed E-state index contributed by atoms with van der Waals surface area (Å²) >= 11 is 0. The van der Waals surface area contributed by atoms with Gasteiger partial charge in [0, 0.05) is 6.54 Å². The topological polar surface area (TPSA) is 72.2 Å². The van der Waals surface area contributed by atoms with Crippen molar-refractivity contribution in [1.82, 2.24) is 4.72 Å². The third kappa shape index (κ3) is 3.15. The van der Waals surface area contributed by atoms with E-state index in [4.69, 9.17) is 5.73 Å². The average Bonchev–Trinajstić information content (AvgIpc) is 2.40. The van der Waals surface area contributed by atoms with Gasteiger partial charge in [0.25, 0.3) is 0 Å². The van der Waals surface area contributed by atoms with Crippen LogP contribution in [-0.4, -0.2) is 8.42 Å². The summed E-state index contributed by atoms with van der Waals surface area (Å²) in [5.41, 5.74) is 6.95. The van der Waals surface area contributed by atoms with Crippen molar-refractivity contribution in [3.63, 3.8) is 0 Å². The number of nitrogens with two attached hydrogens (primary N) is 1. The third-order valence-electron chi connectivity index (χ3n) is 2.85. The SMILES string of the molecule is Cc1cccc(CNS(=O)(=O)c2cccc(F)c2N)c1. The maximum atomic E-state index is 13.3. The van der Waals surface area contributed by atoms with Crippen LogP contribution < -0.4 is 10.5 Å². The zero-order valence-electron chi connectivity index (χ0n) is 10.9. The van der Waals surface area contributed by atoms with E-state index < -0.39 is 15.8 Å². The zero-order valence-corrected chi connectivity index (χ0v) is 11.7. The van der Waals surface area contributed by atoms with E-state index in [0.29, 0.717) is 0 Å². The van der Waals surface area contributed by atoms with Crippen LogP contribution in [0.4, 0.5) is 10.1 Å². The average molecular weight is 294 g/mol. The van der Waals surface area contributed by atoms with Gasteiger partial charge in [-0.25, -0.2) is 17.5 Å². The van der Waals surface area contributed by atoms with Crippen molar-refractivity contribution >= 4 is 15.7 Å². The monoisotopic (exact) mass is 294 g/mol. The molecule has 6 heteroatoms. The smallest absolute Gasteiger partial charge is 0.243 e. The van der Waals surface area contributed by atoms with E-state index in [-0.39, 0.29) is 17.1 Å². The molecule has 3 N–H and O–H groups in total. The molecule has 0 radical (unpaired) electrons. The quantitative estimate of drug-likeness (QED) is 0.849. The number of halogens is 1. The molecule has 2 aromatic carbocycles. The molecule has 2 aromatic rings. The predicted molar refractivity (Wildman–Crippen MR) is 76.0 cm³/mol. The number of hydrogen-bond acceptors (Lipinski definition) is 3. The zero-order chi connectivity index (χ0) is 14.8. The van der Waals surface area contributed by atoms with E-state index in [0.717, 1.165) is 17.2 Å². The van der Waals surface area contributed by atoms with Crippen LogP contribution in [0.5, 0.6) is 0 Å². The minimum atomic E-state index is -3.84. The number of rotatable bonds is 4. The second-order valence-corrected chi connectivity index (χ2v) is 6.20. The molecule has 20 heavy (non-hydrogen) atoms. The summed E-state index contributed by atoms with van der Waals surface area (Å²) < 4.78 is 39.9. The van der Waals surface area contributed by atoms with E-state index in [1.807, 2.05) is 31.2 Å². The fraction of sp³-hybridized carbons (Fsp3) is 0.143. The Kier molecular flexibility index (Phi) is 4.06. The van der Waals surface area contributed by atoms with E-state index >= 15 is 0 Å². The molecule has 0 aliphatic carbocycles. The fourth-order valence-corrected chi connectivity index (χ4v) is 2.99. The highest BCUT2D eigenvalue weighted by atomic mass is 32.2. The van der Waals surface area contributed by atoms with E-state index in [2.05, 4.69) is 4.72 Å². The summed E-state index contributed by atoms with van der Waals surface area (Å²) in [5, 5.41) is 0. The first-order chi connectivity index (χ1) is 9.40. The fourth-order valence-electron chi connectivity index (χ4n) is 1.83. The molecule has 0 unspecified atom stereocenters. The summed E-state index contributed by atoms with van der Waals surface area (Å²) in [7, 11) is -3.84. The molecule has 0 amide bonds. The molecule has 0 saturated heterocycles. The molecule has 0 aliphatic rings. The highest BCUT2D eigenvalue weighted by Gasteiger charge is 2.19. The standard InChI is InChI=1S/C14H15FN2O2S/c1-10-4-2-5-11(8-10)9-17-20(18,19)13-7-3-6-12(15)14(13)16/h2-8,17H,9,16H2,1H3. The van der Waals surface area contributed by atoms with Crippen molar-refractivity contribution in [1.29, 1.82) is 0 Å². The van der Waals surface area contributed by atoms with Crippen molar-refractivity contribution in [3.05, 3.63) is 59.4 Å². The van der Waals surface area contributed by atoms with Crippen molar-refractivity contribution in [2.75, 3.05) is 5.73 Å². The Hall–Kier alpha value is -1.92. The Bertz CT molecular complexity index is 730. The number of benzene rings is 2. The molecular weight excluding hydrogens is 279 g/mol. The van der Waals surface area contributed by atoms with Gasteiger partial charge >= 0.3 is 0 Å². The number of sulfonamides is 1. The Morgan fingerprint density at radius 3 is 2.60 bits per heavy atom. The molecule has 0 bridgehead atoms. The van der Waals surface area contributed by atoms with Crippen LogP contribution in [0.2, 0.25) is 0 Å². The van der Waals surface area contributed by atoms with Gasteiger partial charge in [-0.2, -0.15) is 0 Å². The second kappa shape index (κ2) is 5.60. The van der Waals surface area contributed by atoms with Crippen LogP contribution >= 0.6 is 0 Å². The molecule has 0 saturated carbocycles. The van der Waals surface area contributed by atoms with E-state index in [1.165, 1.54) is 12.1 Å². The lowest BCUT2D eigenvalue weighted by Crippen LogP contribution is -2.24. The summed E-state index contributed by atoms with van der Waals surface area (Å²) in [5.74, 6) is -0.747. The summed E-state index contributed by atoms with van der Waals surface area (Å²) in [4.78, 5) is -0.245. The number of nitrogen functional groups attached to an aromatic ring is 1. The van der Waals surface area contributed by atoms with Gasteiger partial charge in [-0.1, -0.05) is 35.9 Å². The molecule has 4 nitrogen and oxygen atoms in total. The molecular formula is C14H15FN2O2S. The molecule has 0 atom stereocenters. The Labute approximate surface area is 117 Å². The minimum absolute atomic E-state index is 0.125. The van der Waals surface area contributed by atoms with Crippen LogP contribution in [-0.2, 0) is 16.6 Å². The molecule has 106 valence electrons. The number of para-hydroxylation sites is 1. The maximum absolute atomic E-state index is 13.3.